The first-order chi connectivity index (χ1) is 8.40. The van der Waals surface area contributed by atoms with Gasteiger partial charge in [-0.25, -0.2) is 4.58 Å². The average Bonchev–Trinajstić information content (AvgIpc) is 2.42. The summed E-state index contributed by atoms with van der Waals surface area (Å²) in [4.78, 5) is 0. The largest absolute Gasteiger partial charge is 0.377 e. The topological polar surface area (TPSA) is 27.8 Å². The Morgan fingerprint density at radius 2 is 1.94 bits per heavy atom. The molecule has 0 N–H and O–H groups in total. The molecule has 0 bridgehead atoms. The van der Waals surface area contributed by atoms with Gasteiger partial charge in [0.1, 0.15) is 6.04 Å². The lowest BCUT2D eigenvalue weighted by Crippen LogP contribution is -2.33. The van der Waals surface area contributed by atoms with E-state index in [4.69, 9.17) is 4.74 Å². The quantitative estimate of drug-likeness (QED) is 0.553. The second-order valence-corrected chi connectivity index (χ2v) is 4.84. The molecule has 1 saturated heterocycles. The Labute approximate surface area is 104 Å². The van der Waals surface area contributed by atoms with Crippen LogP contribution in [-0.2, 0) is 4.74 Å². The first-order valence-electron chi connectivity index (χ1n) is 6.96. The minimum atomic E-state index is 0.665. The fraction of sp³-hybridized carbons (Fsp3) is 0.923. The van der Waals surface area contributed by atoms with Crippen molar-refractivity contribution in [2.75, 3.05) is 32.8 Å². The standard InChI is InChI=1S/C13H24N3O/c1-2-15(13-6-4-3-5-7-13)12-14-16-8-10-17-11-9-16/h13H,2-11H2,1H3/q+1. The lowest BCUT2D eigenvalue weighted by atomic mass is 9.95. The molecule has 17 heavy (non-hydrogen) atoms. The van der Waals surface area contributed by atoms with Gasteiger partial charge in [-0.1, -0.05) is 6.42 Å². The molecule has 96 valence electrons. The van der Waals surface area contributed by atoms with Gasteiger partial charge in [0.2, 0.25) is 0 Å². The van der Waals surface area contributed by atoms with Crippen LogP contribution in [0.1, 0.15) is 39.0 Å². The molecule has 0 spiro atoms. The van der Waals surface area contributed by atoms with Crippen molar-refractivity contribution in [3.8, 4) is 0 Å². The van der Waals surface area contributed by atoms with Crippen molar-refractivity contribution >= 4 is 6.01 Å². The van der Waals surface area contributed by atoms with Crippen LogP contribution in [-0.4, -0.2) is 54.5 Å². The molecule has 1 heterocycles. The molecule has 2 rings (SSSR count). The Bertz CT molecular complexity index is 285. The summed E-state index contributed by atoms with van der Waals surface area (Å²) in [5, 5.41) is 6.52. The van der Waals surface area contributed by atoms with Gasteiger partial charge >= 0.3 is 6.01 Å². The molecular weight excluding hydrogens is 214 g/mol. The lowest BCUT2D eigenvalue weighted by Gasteiger charge is -2.20. The van der Waals surface area contributed by atoms with E-state index in [-0.39, 0.29) is 0 Å². The zero-order valence-electron chi connectivity index (χ0n) is 10.9. The van der Waals surface area contributed by atoms with Gasteiger partial charge in [-0.3, -0.25) is 0 Å². The summed E-state index contributed by atoms with van der Waals surface area (Å²) in [5.41, 5.74) is 0. The van der Waals surface area contributed by atoms with Crippen molar-refractivity contribution < 1.29 is 9.31 Å². The SMILES string of the molecule is CC[N+](=C=NN1CCOCC1)C1CCCCC1. The molecule has 1 aliphatic heterocycles. The maximum atomic E-state index is 5.31. The van der Waals surface area contributed by atoms with Gasteiger partial charge in [0.05, 0.1) is 37.9 Å². The third-order valence-electron chi connectivity index (χ3n) is 3.66. The third-order valence-corrected chi connectivity index (χ3v) is 3.66. The highest BCUT2D eigenvalue weighted by Crippen LogP contribution is 2.19. The molecule has 2 fully saturated rings. The maximum absolute atomic E-state index is 5.31. The van der Waals surface area contributed by atoms with Gasteiger partial charge in [-0.05, 0) is 32.6 Å². The Balaban J connectivity index is 1.96. The van der Waals surface area contributed by atoms with Crippen LogP contribution >= 0.6 is 0 Å². The van der Waals surface area contributed by atoms with Crippen LogP contribution in [0, 0.1) is 0 Å². The van der Waals surface area contributed by atoms with E-state index >= 15 is 0 Å². The summed E-state index contributed by atoms with van der Waals surface area (Å²) in [5.74, 6) is 0. The van der Waals surface area contributed by atoms with E-state index in [1.54, 1.807) is 0 Å². The smallest absolute Gasteiger partial charge is 0.338 e. The van der Waals surface area contributed by atoms with E-state index in [1.807, 2.05) is 0 Å². The Morgan fingerprint density at radius 1 is 1.24 bits per heavy atom. The Kier molecular flexibility index (Phi) is 5.02. The van der Waals surface area contributed by atoms with E-state index in [0.29, 0.717) is 6.04 Å². The van der Waals surface area contributed by atoms with E-state index < -0.39 is 0 Å². The molecule has 1 aliphatic carbocycles. The summed E-state index contributed by atoms with van der Waals surface area (Å²) < 4.78 is 7.59. The zero-order chi connectivity index (χ0) is 11.9. The summed E-state index contributed by atoms with van der Waals surface area (Å²) in [6.07, 6.45) is 6.73. The molecule has 0 aromatic carbocycles. The molecule has 1 saturated carbocycles. The van der Waals surface area contributed by atoms with Gasteiger partial charge < -0.3 is 4.74 Å². The molecule has 0 amide bonds. The number of rotatable bonds is 3. The van der Waals surface area contributed by atoms with E-state index in [9.17, 15) is 0 Å². The fourth-order valence-electron chi connectivity index (χ4n) is 2.58. The summed E-state index contributed by atoms with van der Waals surface area (Å²) in [6, 6.07) is 3.90. The predicted molar refractivity (Wildman–Crippen MR) is 67.5 cm³/mol. The number of nitrogens with zero attached hydrogens (tertiary/aromatic N) is 3. The van der Waals surface area contributed by atoms with Crippen molar-refractivity contribution in [3.63, 3.8) is 0 Å². The van der Waals surface area contributed by atoms with Gasteiger partial charge in [-0.2, -0.15) is 5.01 Å². The van der Waals surface area contributed by atoms with Crippen LogP contribution in [0.25, 0.3) is 0 Å². The highest BCUT2D eigenvalue weighted by atomic mass is 16.5. The molecule has 0 aromatic rings. The van der Waals surface area contributed by atoms with Crippen molar-refractivity contribution in [1.29, 1.82) is 0 Å². The molecule has 0 aromatic heterocycles. The van der Waals surface area contributed by atoms with Gasteiger partial charge in [0.15, 0.2) is 0 Å². The number of hydrogen-bond donors (Lipinski definition) is 0. The second kappa shape index (κ2) is 6.77. The maximum Gasteiger partial charge on any atom is 0.338 e. The van der Waals surface area contributed by atoms with E-state index in [0.717, 1.165) is 32.8 Å². The van der Waals surface area contributed by atoms with Crippen LogP contribution in [0.2, 0.25) is 0 Å². The van der Waals surface area contributed by atoms with Crippen molar-refractivity contribution in [3.05, 3.63) is 0 Å². The number of hydrogen-bond acceptors (Lipinski definition) is 3. The van der Waals surface area contributed by atoms with Crippen molar-refractivity contribution in [1.82, 2.24) is 5.01 Å². The first-order valence-corrected chi connectivity index (χ1v) is 6.96. The minimum Gasteiger partial charge on any atom is -0.377 e. The van der Waals surface area contributed by atoms with Crippen LogP contribution in [0.15, 0.2) is 5.10 Å². The van der Waals surface area contributed by atoms with Crippen LogP contribution in [0.5, 0.6) is 0 Å². The number of morpholine rings is 1. The normalized spacial score (nSPS) is 22.1. The zero-order valence-corrected chi connectivity index (χ0v) is 10.9. The average molecular weight is 238 g/mol. The van der Waals surface area contributed by atoms with Crippen LogP contribution < -0.4 is 0 Å². The van der Waals surface area contributed by atoms with E-state index in [1.165, 1.54) is 32.1 Å². The van der Waals surface area contributed by atoms with Crippen LogP contribution in [0.4, 0.5) is 0 Å². The lowest BCUT2D eigenvalue weighted by molar-refractivity contribution is -0.561. The van der Waals surface area contributed by atoms with Crippen molar-refractivity contribution in [2.24, 2.45) is 5.10 Å². The molecule has 4 heteroatoms. The number of hydrazone groups is 1. The summed E-state index contributed by atoms with van der Waals surface area (Å²) >= 11 is 0. The highest BCUT2D eigenvalue weighted by molar-refractivity contribution is 5.33. The predicted octanol–water partition coefficient (Wildman–Crippen LogP) is 1.77. The summed E-state index contributed by atoms with van der Waals surface area (Å²) in [6.45, 7) is 6.58. The molecular formula is C13H24N3O+. The molecule has 0 radical (unpaired) electrons. The molecule has 2 aliphatic rings. The van der Waals surface area contributed by atoms with Gasteiger partial charge in [0, 0.05) is 0 Å². The van der Waals surface area contributed by atoms with Crippen LogP contribution in [0.3, 0.4) is 0 Å². The summed E-state index contributed by atoms with van der Waals surface area (Å²) in [7, 11) is 0. The minimum absolute atomic E-state index is 0.665. The number of ether oxygens (including phenoxy) is 1. The Morgan fingerprint density at radius 3 is 2.59 bits per heavy atom. The second-order valence-electron chi connectivity index (χ2n) is 4.84. The Hall–Kier alpha value is -0.860. The molecule has 0 atom stereocenters. The van der Waals surface area contributed by atoms with E-state index in [2.05, 4.69) is 27.6 Å². The third kappa shape index (κ3) is 3.83. The van der Waals surface area contributed by atoms with Gasteiger partial charge in [-0.15, -0.1) is 0 Å². The van der Waals surface area contributed by atoms with Crippen molar-refractivity contribution in [2.45, 2.75) is 45.1 Å². The molecule has 4 nitrogen and oxygen atoms in total. The molecule has 0 unspecified atom stereocenters. The van der Waals surface area contributed by atoms with Gasteiger partial charge in [0.25, 0.3) is 0 Å². The monoisotopic (exact) mass is 238 g/mol. The fourth-order valence-corrected chi connectivity index (χ4v) is 2.58. The first kappa shape index (κ1) is 12.6. The highest BCUT2D eigenvalue weighted by Gasteiger charge is 2.20.